The fraction of sp³-hybridized carbons (Fsp3) is 0.278. The summed E-state index contributed by atoms with van der Waals surface area (Å²) in [5.41, 5.74) is 1.84. The first-order valence-corrected chi connectivity index (χ1v) is 7.31. The molecule has 0 fully saturated rings. The lowest BCUT2D eigenvalue weighted by molar-refractivity contribution is -0.116. The number of anilines is 1. The molecule has 116 valence electrons. The summed E-state index contributed by atoms with van der Waals surface area (Å²) >= 11 is 0. The number of hydrogen-bond donors (Lipinski definition) is 1. The number of aryl methyl sites for hydroxylation is 1. The molecule has 0 spiro atoms. The van der Waals surface area contributed by atoms with Crippen molar-refractivity contribution in [3.63, 3.8) is 0 Å². The molecule has 0 unspecified atom stereocenters. The number of methoxy groups -OCH3 is 1. The maximum absolute atomic E-state index is 11.9. The number of nitrogens with one attached hydrogen (secondary N) is 1. The van der Waals surface area contributed by atoms with Gasteiger partial charge in [-0.05, 0) is 37.1 Å². The number of hydrogen-bond acceptors (Lipinski definition) is 3. The van der Waals surface area contributed by atoms with Crippen LogP contribution in [-0.4, -0.2) is 19.6 Å². The van der Waals surface area contributed by atoms with Gasteiger partial charge in [0.2, 0.25) is 5.91 Å². The molecule has 0 aromatic heterocycles. The van der Waals surface area contributed by atoms with E-state index < -0.39 is 0 Å². The second kappa shape index (κ2) is 8.08. The highest BCUT2D eigenvalue weighted by atomic mass is 16.5. The zero-order valence-electron chi connectivity index (χ0n) is 13.0. The van der Waals surface area contributed by atoms with Gasteiger partial charge in [-0.25, -0.2) is 0 Å². The van der Waals surface area contributed by atoms with Crippen LogP contribution in [0.4, 0.5) is 5.69 Å². The molecule has 0 aliphatic heterocycles. The second-order valence-corrected chi connectivity index (χ2v) is 5.00. The van der Waals surface area contributed by atoms with Crippen LogP contribution in [0.2, 0.25) is 0 Å². The quantitative estimate of drug-likeness (QED) is 0.791. The van der Waals surface area contributed by atoms with Crippen molar-refractivity contribution in [2.24, 2.45) is 0 Å². The van der Waals surface area contributed by atoms with Crippen molar-refractivity contribution < 1.29 is 14.3 Å². The van der Waals surface area contributed by atoms with E-state index in [9.17, 15) is 4.79 Å². The van der Waals surface area contributed by atoms with Crippen molar-refractivity contribution in [1.82, 2.24) is 0 Å². The number of carbonyl (C=O) groups excluding carboxylic acids is 1. The third kappa shape index (κ3) is 4.81. The third-order valence-corrected chi connectivity index (χ3v) is 3.25. The Labute approximate surface area is 131 Å². The van der Waals surface area contributed by atoms with Crippen LogP contribution in [0.3, 0.4) is 0 Å². The first-order chi connectivity index (χ1) is 10.7. The topological polar surface area (TPSA) is 47.6 Å². The average molecular weight is 299 g/mol. The molecule has 0 aliphatic carbocycles. The SMILES string of the molecule is COc1cccc(NC(=O)CCCOc2ccccc2C)c1. The van der Waals surface area contributed by atoms with Gasteiger partial charge in [0.15, 0.2) is 0 Å². The third-order valence-electron chi connectivity index (χ3n) is 3.25. The molecule has 2 aromatic rings. The molecule has 1 amide bonds. The van der Waals surface area contributed by atoms with Gasteiger partial charge < -0.3 is 14.8 Å². The van der Waals surface area contributed by atoms with Gasteiger partial charge >= 0.3 is 0 Å². The highest BCUT2D eigenvalue weighted by molar-refractivity contribution is 5.90. The van der Waals surface area contributed by atoms with Crippen LogP contribution in [-0.2, 0) is 4.79 Å². The Balaban J connectivity index is 1.73. The number of carbonyl (C=O) groups is 1. The minimum Gasteiger partial charge on any atom is -0.497 e. The molecule has 0 saturated heterocycles. The van der Waals surface area contributed by atoms with Crippen molar-refractivity contribution in [3.8, 4) is 11.5 Å². The Kier molecular flexibility index (Phi) is 5.83. The molecule has 0 radical (unpaired) electrons. The number of amides is 1. The van der Waals surface area contributed by atoms with Crippen LogP contribution >= 0.6 is 0 Å². The molecule has 4 heteroatoms. The van der Waals surface area contributed by atoms with Crippen LogP contribution in [0.1, 0.15) is 18.4 Å². The molecular weight excluding hydrogens is 278 g/mol. The first kappa shape index (κ1) is 15.9. The molecular formula is C18H21NO3. The summed E-state index contributed by atoms with van der Waals surface area (Å²) in [5, 5.41) is 2.85. The van der Waals surface area contributed by atoms with E-state index >= 15 is 0 Å². The molecule has 0 saturated carbocycles. The second-order valence-electron chi connectivity index (χ2n) is 5.00. The smallest absolute Gasteiger partial charge is 0.224 e. The highest BCUT2D eigenvalue weighted by Crippen LogP contribution is 2.18. The standard InChI is InChI=1S/C18H21NO3/c1-14-7-3-4-10-17(14)22-12-6-11-18(20)19-15-8-5-9-16(13-15)21-2/h3-5,7-10,13H,6,11-12H2,1-2H3,(H,19,20). The van der Waals surface area contributed by atoms with Crippen molar-refractivity contribution in [2.75, 3.05) is 19.0 Å². The zero-order chi connectivity index (χ0) is 15.8. The summed E-state index contributed by atoms with van der Waals surface area (Å²) in [6.45, 7) is 2.53. The van der Waals surface area contributed by atoms with Crippen molar-refractivity contribution in [2.45, 2.75) is 19.8 Å². The zero-order valence-corrected chi connectivity index (χ0v) is 13.0. The van der Waals surface area contributed by atoms with E-state index in [1.165, 1.54) is 0 Å². The summed E-state index contributed by atoms with van der Waals surface area (Å²) in [6.07, 6.45) is 1.09. The Hall–Kier alpha value is -2.49. The molecule has 4 nitrogen and oxygen atoms in total. The van der Waals surface area contributed by atoms with Gasteiger partial charge in [0.05, 0.1) is 13.7 Å². The molecule has 0 aliphatic rings. The lowest BCUT2D eigenvalue weighted by Crippen LogP contribution is -2.12. The van der Waals surface area contributed by atoms with E-state index in [-0.39, 0.29) is 5.91 Å². The Morgan fingerprint density at radius 1 is 1.14 bits per heavy atom. The van der Waals surface area contributed by atoms with Crippen LogP contribution < -0.4 is 14.8 Å². The number of rotatable bonds is 7. The first-order valence-electron chi connectivity index (χ1n) is 7.31. The van der Waals surface area contributed by atoms with Gasteiger partial charge in [-0.3, -0.25) is 4.79 Å². The molecule has 1 N–H and O–H groups in total. The summed E-state index contributed by atoms with van der Waals surface area (Å²) in [5.74, 6) is 1.57. The molecule has 2 aromatic carbocycles. The predicted molar refractivity (Wildman–Crippen MR) is 87.5 cm³/mol. The summed E-state index contributed by atoms with van der Waals surface area (Å²) in [7, 11) is 1.60. The maximum Gasteiger partial charge on any atom is 0.224 e. The van der Waals surface area contributed by atoms with Crippen molar-refractivity contribution in [3.05, 3.63) is 54.1 Å². The minimum absolute atomic E-state index is 0.0263. The normalized spacial score (nSPS) is 10.1. The van der Waals surface area contributed by atoms with Crippen LogP contribution in [0.25, 0.3) is 0 Å². The van der Waals surface area contributed by atoms with E-state index in [0.717, 1.165) is 22.7 Å². The van der Waals surface area contributed by atoms with Crippen LogP contribution in [0, 0.1) is 6.92 Å². The summed E-state index contributed by atoms with van der Waals surface area (Å²) in [6, 6.07) is 15.2. The number of para-hydroxylation sites is 1. The lowest BCUT2D eigenvalue weighted by Gasteiger charge is -2.09. The van der Waals surface area contributed by atoms with Gasteiger partial charge in [-0.1, -0.05) is 24.3 Å². The minimum atomic E-state index is -0.0263. The van der Waals surface area contributed by atoms with E-state index in [1.54, 1.807) is 13.2 Å². The van der Waals surface area contributed by atoms with Crippen LogP contribution in [0.15, 0.2) is 48.5 Å². The number of ether oxygens (including phenoxy) is 2. The molecule has 0 atom stereocenters. The van der Waals surface area contributed by atoms with Gasteiger partial charge in [-0.15, -0.1) is 0 Å². The Morgan fingerprint density at radius 2 is 1.95 bits per heavy atom. The fourth-order valence-corrected chi connectivity index (χ4v) is 2.06. The van der Waals surface area contributed by atoms with E-state index in [1.807, 2.05) is 49.4 Å². The van der Waals surface area contributed by atoms with Gasteiger partial charge in [-0.2, -0.15) is 0 Å². The van der Waals surface area contributed by atoms with Gasteiger partial charge in [0.25, 0.3) is 0 Å². The fourth-order valence-electron chi connectivity index (χ4n) is 2.06. The summed E-state index contributed by atoms with van der Waals surface area (Å²) < 4.78 is 10.8. The maximum atomic E-state index is 11.9. The van der Waals surface area contributed by atoms with Crippen molar-refractivity contribution >= 4 is 11.6 Å². The van der Waals surface area contributed by atoms with Gasteiger partial charge in [0, 0.05) is 18.2 Å². The predicted octanol–water partition coefficient (Wildman–Crippen LogP) is 3.80. The lowest BCUT2D eigenvalue weighted by atomic mass is 10.2. The van der Waals surface area contributed by atoms with E-state index in [2.05, 4.69) is 5.32 Å². The van der Waals surface area contributed by atoms with E-state index in [4.69, 9.17) is 9.47 Å². The molecule has 2 rings (SSSR count). The monoisotopic (exact) mass is 299 g/mol. The van der Waals surface area contributed by atoms with Gasteiger partial charge in [0.1, 0.15) is 11.5 Å². The molecule has 22 heavy (non-hydrogen) atoms. The largest absolute Gasteiger partial charge is 0.497 e. The highest BCUT2D eigenvalue weighted by Gasteiger charge is 2.04. The van der Waals surface area contributed by atoms with Crippen LogP contribution in [0.5, 0.6) is 11.5 Å². The summed E-state index contributed by atoms with van der Waals surface area (Å²) in [4.78, 5) is 11.9. The van der Waals surface area contributed by atoms with E-state index in [0.29, 0.717) is 19.4 Å². The Morgan fingerprint density at radius 3 is 2.73 bits per heavy atom. The Bertz CT molecular complexity index is 625. The number of benzene rings is 2. The average Bonchev–Trinajstić information content (AvgIpc) is 2.53. The van der Waals surface area contributed by atoms with Crippen molar-refractivity contribution in [1.29, 1.82) is 0 Å². The molecule has 0 heterocycles. The molecule has 0 bridgehead atoms.